The fraction of sp³-hybridized carbons (Fsp3) is 0.500. The standard InChI is InChI=1S/C12H15N3O4S/c1-8-7-14(5-6-20-8)11-10(15(17)18)4-3-9(13-11)12(16)19-2/h3-4,8H,5-7H2,1-2H3. The summed E-state index contributed by atoms with van der Waals surface area (Å²) in [5, 5.41) is 11.5. The summed E-state index contributed by atoms with van der Waals surface area (Å²) < 4.78 is 4.61. The van der Waals surface area contributed by atoms with E-state index in [-0.39, 0.29) is 17.2 Å². The molecule has 7 nitrogen and oxygen atoms in total. The molecule has 108 valence electrons. The number of methoxy groups -OCH3 is 1. The van der Waals surface area contributed by atoms with Gasteiger partial charge in [0, 0.05) is 30.2 Å². The Bertz CT molecular complexity index is 537. The van der Waals surface area contributed by atoms with Crippen molar-refractivity contribution in [3.8, 4) is 0 Å². The van der Waals surface area contributed by atoms with Crippen molar-refractivity contribution in [3.63, 3.8) is 0 Å². The zero-order chi connectivity index (χ0) is 14.7. The highest BCUT2D eigenvalue weighted by atomic mass is 32.2. The summed E-state index contributed by atoms with van der Waals surface area (Å²) in [5.74, 6) is 0.522. The molecule has 1 atom stereocenters. The predicted octanol–water partition coefficient (Wildman–Crippen LogP) is 1.72. The van der Waals surface area contributed by atoms with E-state index in [0.717, 1.165) is 5.75 Å². The van der Waals surface area contributed by atoms with E-state index in [0.29, 0.717) is 18.3 Å². The van der Waals surface area contributed by atoms with E-state index in [1.54, 1.807) is 0 Å². The first-order chi connectivity index (χ1) is 9.52. The molecule has 8 heteroatoms. The molecule has 20 heavy (non-hydrogen) atoms. The fourth-order valence-electron chi connectivity index (χ4n) is 2.05. The Morgan fingerprint density at radius 1 is 1.60 bits per heavy atom. The van der Waals surface area contributed by atoms with Crippen LogP contribution in [0.2, 0.25) is 0 Å². The summed E-state index contributed by atoms with van der Waals surface area (Å²) in [6.07, 6.45) is 0. The van der Waals surface area contributed by atoms with E-state index in [4.69, 9.17) is 0 Å². The van der Waals surface area contributed by atoms with Crippen molar-refractivity contribution in [2.75, 3.05) is 30.9 Å². The molecular formula is C12H15N3O4S. The molecule has 1 aliphatic heterocycles. The highest BCUT2D eigenvalue weighted by molar-refractivity contribution is 8.00. The van der Waals surface area contributed by atoms with Crippen LogP contribution in [-0.4, -0.2) is 47.1 Å². The first-order valence-electron chi connectivity index (χ1n) is 6.13. The first kappa shape index (κ1) is 14.6. The minimum absolute atomic E-state index is 0.0824. The molecule has 0 radical (unpaired) electrons. The Morgan fingerprint density at radius 3 is 2.95 bits per heavy atom. The average molecular weight is 297 g/mol. The van der Waals surface area contributed by atoms with Gasteiger partial charge in [-0.1, -0.05) is 6.92 Å². The van der Waals surface area contributed by atoms with E-state index in [9.17, 15) is 14.9 Å². The van der Waals surface area contributed by atoms with Crippen molar-refractivity contribution < 1.29 is 14.5 Å². The van der Waals surface area contributed by atoms with Crippen molar-refractivity contribution in [1.82, 2.24) is 4.98 Å². The second-order valence-corrected chi connectivity index (χ2v) is 5.96. The van der Waals surface area contributed by atoms with Gasteiger partial charge in [0.2, 0.25) is 5.82 Å². The van der Waals surface area contributed by atoms with Gasteiger partial charge in [-0.2, -0.15) is 11.8 Å². The van der Waals surface area contributed by atoms with Gasteiger partial charge in [0.05, 0.1) is 12.0 Å². The molecule has 0 saturated carbocycles. The van der Waals surface area contributed by atoms with Crippen molar-refractivity contribution >= 4 is 29.2 Å². The summed E-state index contributed by atoms with van der Waals surface area (Å²) in [5.41, 5.74) is -0.00395. The number of hydrogen-bond acceptors (Lipinski definition) is 7. The Balaban J connectivity index is 2.41. The number of rotatable bonds is 3. The lowest BCUT2D eigenvalue weighted by Crippen LogP contribution is -2.37. The maximum atomic E-state index is 11.5. The van der Waals surface area contributed by atoms with Crippen molar-refractivity contribution in [2.24, 2.45) is 0 Å². The van der Waals surface area contributed by atoms with Gasteiger partial charge in [0.15, 0.2) is 5.69 Å². The van der Waals surface area contributed by atoms with Gasteiger partial charge in [-0.3, -0.25) is 10.1 Å². The second-order valence-electron chi connectivity index (χ2n) is 4.42. The van der Waals surface area contributed by atoms with Gasteiger partial charge in [0.1, 0.15) is 0 Å². The van der Waals surface area contributed by atoms with Gasteiger partial charge in [-0.15, -0.1) is 0 Å². The third-order valence-electron chi connectivity index (χ3n) is 2.99. The van der Waals surface area contributed by atoms with Gasteiger partial charge in [-0.25, -0.2) is 9.78 Å². The highest BCUT2D eigenvalue weighted by Crippen LogP contribution is 2.30. The topological polar surface area (TPSA) is 85.6 Å². The smallest absolute Gasteiger partial charge is 0.356 e. The maximum Gasteiger partial charge on any atom is 0.356 e. The predicted molar refractivity (Wildman–Crippen MR) is 76.4 cm³/mol. The normalized spacial score (nSPS) is 18.7. The Kier molecular flexibility index (Phi) is 4.43. The third kappa shape index (κ3) is 3.01. The van der Waals surface area contributed by atoms with Crippen LogP contribution in [0.15, 0.2) is 12.1 Å². The molecular weight excluding hydrogens is 282 g/mol. The fourth-order valence-corrected chi connectivity index (χ4v) is 3.06. The second kappa shape index (κ2) is 6.08. The molecule has 1 fully saturated rings. The number of anilines is 1. The molecule has 1 saturated heterocycles. The summed E-state index contributed by atoms with van der Waals surface area (Å²) in [4.78, 5) is 28.1. The van der Waals surface area contributed by atoms with E-state index in [1.165, 1.54) is 19.2 Å². The van der Waals surface area contributed by atoms with Gasteiger partial charge in [0.25, 0.3) is 0 Å². The molecule has 2 heterocycles. The van der Waals surface area contributed by atoms with Crippen LogP contribution >= 0.6 is 11.8 Å². The van der Waals surface area contributed by atoms with Crippen LogP contribution in [0.1, 0.15) is 17.4 Å². The van der Waals surface area contributed by atoms with E-state index in [1.807, 2.05) is 16.7 Å². The molecule has 1 aromatic heterocycles. The monoisotopic (exact) mass is 297 g/mol. The van der Waals surface area contributed by atoms with Crippen molar-refractivity contribution in [2.45, 2.75) is 12.2 Å². The number of pyridine rings is 1. The van der Waals surface area contributed by atoms with Crippen molar-refractivity contribution in [1.29, 1.82) is 0 Å². The number of aromatic nitrogens is 1. The lowest BCUT2D eigenvalue weighted by Gasteiger charge is -2.31. The first-order valence-corrected chi connectivity index (χ1v) is 7.18. The molecule has 1 unspecified atom stereocenters. The summed E-state index contributed by atoms with van der Waals surface area (Å²) >= 11 is 1.81. The molecule has 1 aromatic rings. The summed E-state index contributed by atoms with van der Waals surface area (Å²) in [7, 11) is 1.25. The maximum absolute atomic E-state index is 11.5. The Morgan fingerprint density at radius 2 is 2.35 bits per heavy atom. The van der Waals surface area contributed by atoms with Crippen LogP contribution in [0.3, 0.4) is 0 Å². The van der Waals surface area contributed by atoms with Crippen LogP contribution in [0.5, 0.6) is 0 Å². The number of esters is 1. The summed E-state index contributed by atoms with van der Waals surface area (Å²) in [6, 6.07) is 2.62. The Labute approximate surface area is 120 Å². The van der Waals surface area contributed by atoms with E-state index >= 15 is 0 Å². The van der Waals surface area contributed by atoms with Crippen LogP contribution in [0, 0.1) is 10.1 Å². The van der Waals surface area contributed by atoms with Gasteiger partial charge < -0.3 is 9.64 Å². The SMILES string of the molecule is COC(=O)c1ccc([N+](=O)[O-])c(N2CCSC(C)C2)n1. The Hall–Kier alpha value is -1.83. The molecule has 0 N–H and O–H groups in total. The van der Waals surface area contributed by atoms with Crippen LogP contribution in [0.25, 0.3) is 0 Å². The van der Waals surface area contributed by atoms with Crippen LogP contribution < -0.4 is 4.90 Å². The van der Waals surface area contributed by atoms with Crippen LogP contribution in [0.4, 0.5) is 11.5 Å². The molecule has 0 aromatic carbocycles. The number of thioether (sulfide) groups is 1. The molecule has 0 bridgehead atoms. The van der Waals surface area contributed by atoms with Gasteiger partial charge >= 0.3 is 11.7 Å². The number of nitro groups is 1. The molecule has 2 rings (SSSR count). The highest BCUT2D eigenvalue weighted by Gasteiger charge is 2.27. The molecule has 0 spiro atoms. The third-order valence-corrected chi connectivity index (χ3v) is 4.12. The quantitative estimate of drug-likeness (QED) is 0.477. The molecule has 1 aliphatic rings. The molecule has 0 aliphatic carbocycles. The van der Waals surface area contributed by atoms with Crippen LogP contribution in [-0.2, 0) is 4.74 Å². The summed E-state index contributed by atoms with van der Waals surface area (Å²) in [6.45, 7) is 3.41. The minimum atomic E-state index is -0.597. The number of ether oxygens (including phenoxy) is 1. The lowest BCUT2D eigenvalue weighted by molar-refractivity contribution is -0.384. The largest absolute Gasteiger partial charge is 0.464 e. The lowest BCUT2D eigenvalue weighted by atomic mass is 10.2. The van der Waals surface area contributed by atoms with Gasteiger partial charge in [-0.05, 0) is 6.07 Å². The average Bonchev–Trinajstić information content (AvgIpc) is 2.45. The number of nitrogens with zero attached hydrogens (tertiary/aromatic N) is 3. The molecule has 0 amide bonds. The number of hydrogen-bond donors (Lipinski definition) is 0. The zero-order valence-electron chi connectivity index (χ0n) is 11.2. The number of carbonyl (C=O) groups excluding carboxylic acids is 1. The number of carbonyl (C=O) groups is 1. The van der Waals surface area contributed by atoms with Crippen molar-refractivity contribution in [3.05, 3.63) is 27.9 Å². The zero-order valence-corrected chi connectivity index (χ0v) is 12.1. The van der Waals surface area contributed by atoms with E-state index < -0.39 is 10.9 Å². The minimum Gasteiger partial charge on any atom is -0.464 e. The van der Waals surface area contributed by atoms with E-state index in [2.05, 4.69) is 16.6 Å².